The summed E-state index contributed by atoms with van der Waals surface area (Å²) in [6, 6.07) is 0.0599. The normalized spacial score (nSPS) is 23.3. The van der Waals surface area contributed by atoms with Crippen LogP contribution in [-0.4, -0.2) is 71.1 Å². The second-order valence-electron chi connectivity index (χ2n) is 7.67. The van der Waals surface area contributed by atoms with Crippen molar-refractivity contribution >= 4 is 23.2 Å². The number of aromatic nitrogens is 2. The van der Waals surface area contributed by atoms with Gasteiger partial charge in [-0.15, -0.1) is 0 Å². The summed E-state index contributed by atoms with van der Waals surface area (Å²) < 4.78 is 5.72. The minimum absolute atomic E-state index is 0.00192. The lowest BCUT2D eigenvalue weighted by Crippen LogP contribution is -2.65. The lowest BCUT2D eigenvalue weighted by atomic mass is 10.0. The van der Waals surface area contributed by atoms with Gasteiger partial charge < -0.3 is 19.9 Å². The number of allylic oxidation sites excluding steroid dienone is 1. The quantitative estimate of drug-likeness (QED) is 0.764. The highest BCUT2D eigenvalue weighted by molar-refractivity contribution is 6.20. The molecule has 2 bridgehead atoms. The first-order chi connectivity index (χ1) is 13.5. The molecule has 148 valence electrons. The number of anilines is 1. The highest BCUT2D eigenvalue weighted by Crippen LogP contribution is 2.31. The van der Waals surface area contributed by atoms with Gasteiger partial charge in [0.25, 0.3) is 5.91 Å². The fourth-order valence-electron chi connectivity index (χ4n) is 4.08. The van der Waals surface area contributed by atoms with Crippen molar-refractivity contribution in [2.24, 2.45) is 0 Å². The van der Waals surface area contributed by atoms with Crippen LogP contribution >= 0.6 is 0 Å². The van der Waals surface area contributed by atoms with E-state index in [0.29, 0.717) is 44.0 Å². The zero-order chi connectivity index (χ0) is 19.8. The molecule has 4 rings (SSSR count). The number of piperazine rings is 1. The zero-order valence-corrected chi connectivity index (χ0v) is 16.2. The topological polar surface area (TPSA) is 87.7 Å². The van der Waals surface area contributed by atoms with Crippen LogP contribution in [0, 0.1) is 0 Å². The van der Waals surface area contributed by atoms with E-state index in [2.05, 4.69) is 21.8 Å². The molecular weight excluding hydrogens is 358 g/mol. The Kier molecular flexibility index (Phi) is 4.89. The van der Waals surface area contributed by atoms with Gasteiger partial charge in [-0.2, -0.15) is 0 Å². The molecule has 2 aliphatic heterocycles. The number of hydrogen-bond donors (Lipinski definition) is 1. The Morgan fingerprint density at radius 2 is 2.04 bits per heavy atom. The largest absolute Gasteiger partial charge is 0.377 e. The number of ether oxygens (including phenoxy) is 1. The van der Waals surface area contributed by atoms with Crippen molar-refractivity contribution in [3.05, 3.63) is 36.3 Å². The van der Waals surface area contributed by atoms with E-state index in [9.17, 15) is 9.59 Å². The minimum Gasteiger partial charge on any atom is -0.377 e. The molecule has 2 atom stereocenters. The molecule has 2 saturated heterocycles. The van der Waals surface area contributed by atoms with Crippen molar-refractivity contribution < 1.29 is 14.3 Å². The number of hydrogen-bond acceptors (Lipinski definition) is 6. The fraction of sp³-hybridized carbons (Fsp3) is 0.500. The van der Waals surface area contributed by atoms with E-state index in [4.69, 9.17) is 9.72 Å². The number of nitrogens with one attached hydrogen (secondary N) is 1. The number of nitrogens with zero attached hydrogens (tertiary/aromatic N) is 4. The van der Waals surface area contributed by atoms with Crippen LogP contribution in [0.25, 0.3) is 5.57 Å². The van der Waals surface area contributed by atoms with Crippen LogP contribution in [0.4, 0.5) is 5.82 Å². The number of carbonyl (C=O) groups excluding carboxylic acids is 2. The van der Waals surface area contributed by atoms with E-state index in [0.717, 1.165) is 11.5 Å². The molecule has 28 heavy (non-hydrogen) atoms. The maximum Gasteiger partial charge on any atom is 0.253 e. The summed E-state index contributed by atoms with van der Waals surface area (Å²) in [7, 11) is 0. The summed E-state index contributed by atoms with van der Waals surface area (Å²) in [5, 5.41) is 2.93. The van der Waals surface area contributed by atoms with Gasteiger partial charge in [-0.05, 0) is 19.9 Å². The molecule has 3 aliphatic rings. The van der Waals surface area contributed by atoms with Gasteiger partial charge in [0.15, 0.2) is 0 Å². The second kappa shape index (κ2) is 7.35. The summed E-state index contributed by atoms with van der Waals surface area (Å²) in [6.07, 6.45) is 5.62. The first kappa shape index (κ1) is 18.6. The SMILES string of the molecule is C=CC(=O)N1CC2COCC(C1)N2c1cnc2c(n1)C(C(=O)NC(C)C)=CC2. The van der Waals surface area contributed by atoms with E-state index in [1.54, 1.807) is 6.20 Å². The van der Waals surface area contributed by atoms with E-state index in [-0.39, 0.29) is 29.9 Å². The maximum atomic E-state index is 12.5. The molecule has 0 aromatic carbocycles. The molecule has 0 saturated carbocycles. The van der Waals surface area contributed by atoms with Crippen molar-refractivity contribution in [3.8, 4) is 0 Å². The minimum atomic E-state index is -0.120. The smallest absolute Gasteiger partial charge is 0.253 e. The predicted octanol–water partition coefficient (Wildman–Crippen LogP) is 0.543. The van der Waals surface area contributed by atoms with E-state index in [1.807, 2.05) is 24.8 Å². The summed E-state index contributed by atoms with van der Waals surface area (Å²) in [4.78, 5) is 38.0. The maximum absolute atomic E-state index is 12.5. The van der Waals surface area contributed by atoms with Crippen LogP contribution in [0.5, 0.6) is 0 Å². The van der Waals surface area contributed by atoms with Crippen LogP contribution in [-0.2, 0) is 20.7 Å². The Balaban J connectivity index is 1.61. The Labute approximate surface area is 164 Å². The number of carbonyl (C=O) groups is 2. The van der Waals surface area contributed by atoms with Crippen LogP contribution in [0.2, 0.25) is 0 Å². The van der Waals surface area contributed by atoms with Crippen LogP contribution in [0.1, 0.15) is 25.2 Å². The van der Waals surface area contributed by atoms with E-state index >= 15 is 0 Å². The number of rotatable bonds is 4. The first-order valence-electron chi connectivity index (χ1n) is 9.62. The molecule has 2 unspecified atom stereocenters. The van der Waals surface area contributed by atoms with Gasteiger partial charge in [0.05, 0.1) is 48.5 Å². The summed E-state index contributed by atoms with van der Waals surface area (Å²) in [5.74, 6) is 0.546. The molecule has 8 heteroatoms. The summed E-state index contributed by atoms with van der Waals surface area (Å²) >= 11 is 0. The average molecular weight is 383 g/mol. The van der Waals surface area contributed by atoms with Crippen LogP contribution < -0.4 is 10.2 Å². The Bertz CT molecular complexity index is 836. The van der Waals surface area contributed by atoms with Crippen molar-refractivity contribution in [2.45, 2.75) is 38.4 Å². The molecule has 2 fully saturated rings. The highest BCUT2D eigenvalue weighted by Gasteiger charge is 2.40. The first-order valence-corrected chi connectivity index (χ1v) is 9.62. The van der Waals surface area contributed by atoms with Crippen molar-refractivity contribution in [2.75, 3.05) is 31.2 Å². The standard InChI is InChI=1S/C20H25N5O3/c1-4-18(26)24-8-13-10-28-11-14(9-24)25(13)17-7-21-16-6-5-15(19(16)23-17)20(27)22-12(2)3/h4-5,7,12-14H,1,6,8-11H2,2-3H3,(H,22,27). The van der Waals surface area contributed by atoms with E-state index in [1.165, 1.54) is 6.08 Å². The molecule has 1 aromatic heterocycles. The molecular formula is C20H25N5O3. The third-order valence-corrected chi connectivity index (χ3v) is 5.27. The highest BCUT2D eigenvalue weighted by atomic mass is 16.5. The fourth-order valence-corrected chi connectivity index (χ4v) is 4.08. The third-order valence-electron chi connectivity index (χ3n) is 5.27. The van der Waals surface area contributed by atoms with Gasteiger partial charge in [0.2, 0.25) is 5.91 Å². The Morgan fingerprint density at radius 3 is 2.68 bits per heavy atom. The predicted molar refractivity (Wildman–Crippen MR) is 105 cm³/mol. The van der Waals surface area contributed by atoms with E-state index < -0.39 is 0 Å². The van der Waals surface area contributed by atoms with Gasteiger partial charge in [-0.1, -0.05) is 12.7 Å². The molecule has 8 nitrogen and oxygen atoms in total. The number of amides is 2. The zero-order valence-electron chi connectivity index (χ0n) is 16.2. The monoisotopic (exact) mass is 383 g/mol. The second-order valence-corrected chi connectivity index (χ2v) is 7.67. The molecule has 0 spiro atoms. The van der Waals surface area contributed by atoms with Gasteiger partial charge >= 0.3 is 0 Å². The van der Waals surface area contributed by atoms with Crippen molar-refractivity contribution in [3.63, 3.8) is 0 Å². The van der Waals surface area contributed by atoms with Gasteiger partial charge in [-0.25, -0.2) is 4.98 Å². The third kappa shape index (κ3) is 3.28. The lowest BCUT2D eigenvalue weighted by molar-refractivity contribution is -0.129. The number of fused-ring (bicyclic) bond motifs is 3. The average Bonchev–Trinajstić information content (AvgIpc) is 3.09. The molecule has 0 radical (unpaired) electrons. The molecule has 1 N–H and O–H groups in total. The summed E-state index contributed by atoms with van der Waals surface area (Å²) in [5.41, 5.74) is 2.05. The van der Waals surface area contributed by atoms with Crippen LogP contribution in [0.3, 0.4) is 0 Å². The summed E-state index contributed by atoms with van der Waals surface area (Å²) in [6.45, 7) is 9.60. The Hall–Kier alpha value is -2.74. The molecule has 2 amide bonds. The lowest BCUT2D eigenvalue weighted by Gasteiger charge is -2.50. The molecule has 1 aromatic rings. The van der Waals surface area contributed by atoms with Crippen molar-refractivity contribution in [1.29, 1.82) is 0 Å². The molecule has 1 aliphatic carbocycles. The van der Waals surface area contributed by atoms with Crippen LogP contribution in [0.15, 0.2) is 24.9 Å². The molecule has 3 heterocycles. The number of morpholine rings is 1. The van der Waals surface area contributed by atoms with Gasteiger partial charge in [0.1, 0.15) is 5.82 Å². The van der Waals surface area contributed by atoms with Gasteiger partial charge in [0, 0.05) is 25.6 Å². The van der Waals surface area contributed by atoms with Crippen molar-refractivity contribution in [1.82, 2.24) is 20.2 Å². The Morgan fingerprint density at radius 1 is 1.32 bits per heavy atom. The van der Waals surface area contributed by atoms with Gasteiger partial charge in [-0.3, -0.25) is 14.6 Å².